The number of hydrazine groups is 2. The predicted octanol–water partition coefficient (Wildman–Crippen LogP) is 5.47. The molecule has 5 rings (SSSR count). The average Bonchev–Trinajstić information content (AvgIpc) is 3.57. The van der Waals surface area contributed by atoms with Crippen molar-refractivity contribution in [2.24, 2.45) is 0 Å². The minimum absolute atomic E-state index is 0.0139. The first-order valence-corrected chi connectivity index (χ1v) is 15.1. The van der Waals surface area contributed by atoms with Crippen molar-refractivity contribution in [2.75, 3.05) is 30.8 Å². The molecular weight excluding hydrogens is 588 g/mol. The molecule has 0 spiro atoms. The number of pyridine rings is 1. The number of aromatic nitrogens is 1. The first-order valence-electron chi connectivity index (χ1n) is 14.8. The zero-order valence-corrected chi connectivity index (χ0v) is 26.3. The molecule has 10 nitrogen and oxygen atoms in total. The van der Waals surface area contributed by atoms with Gasteiger partial charge in [0.15, 0.2) is 0 Å². The minimum Gasteiger partial charge on any atom is -0.378 e. The van der Waals surface area contributed by atoms with Gasteiger partial charge in [0.05, 0.1) is 45.7 Å². The number of nitrogens with one attached hydrogen (secondary N) is 5. The Bertz CT molecular complexity index is 1710. The van der Waals surface area contributed by atoms with Crippen LogP contribution in [0.5, 0.6) is 0 Å². The Hall–Kier alpha value is -4.82. The van der Waals surface area contributed by atoms with Gasteiger partial charge < -0.3 is 31.1 Å². The molecule has 0 bridgehead atoms. The number of methoxy groups -OCH3 is 1. The lowest BCUT2D eigenvalue weighted by Crippen LogP contribution is -2.54. The van der Waals surface area contributed by atoms with Crippen LogP contribution in [0, 0.1) is 11.3 Å². The molecule has 2 atom stereocenters. The van der Waals surface area contributed by atoms with Crippen LogP contribution >= 0.6 is 11.6 Å². The number of halogens is 1. The van der Waals surface area contributed by atoms with Gasteiger partial charge in [-0.3, -0.25) is 9.78 Å². The van der Waals surface area contributed by atoms with E-state index in [-0.39, 0.29) is 18.1 Å². The highest BCUT2D eigenvalue weighted by Crippen LogP contribution is 2.36. The van der Waals surface area contributed by atoms with E-state index in [2.05, 4.69) is 63.7 Å². The fourth-order valence-electron chi connectivity index (χ4n) is 5.30. The van der Waals surface area contributed by atoms with Gasteiger partial charge in [-0.05, 0) is 36.6 Å². The molecule has 2 aliphatic heterocycles. The van der Waals surface area contributed by atoms with E-state index in [4.69, 9.17) is 16.3 Å². The summed E-state index contributed by atoms with van der Waals surface area (Å²) in [5, 5.41) is 18.3. The van der Waals surface area contributed by atoms with Gasteiger partial charge >= 0.3 is 0 Å². The maximum absolute atomic E-state index is 12.7. The molecule has 3 heterocycles. The number of carbonyl (C=O) groups excluding carboxylic acids is 1. The third-order valence-electron chi connectivity index (χ3n) is 7.94. The van der Waals surface area contributed by atoms with Crippen LogP contribution in [-0.2, 0) is 9.53 Å². The molecule has 2 aliphatic rings. The number of rotatable bonds is 12. The van der Waals surface area contributed by atoms with E-state index in [1.165, 1.54) is 0 Å². The maximum Gasteiger partial charge on any atom is 0.249 e. The minimum atomic E-state index is -0.393. The number of allylic oxidation sites excluding steroid dienone is 2. The predicted molar refractivity (Wildman–Crippen MR) is 179 cm³/mol. The van der Waals surface area contributed by atoms with Gasteiger partial charge in [0.25, 0.3) is 0 Å². The van der Waals surface area contributed by atoms with Crippen molar-refractivity contribution in [3.05, 3.63) is 113 Å². The number of anilines is 2. The number of amides is 1. The summed E-state index contributed by atoms with van der Waals surface area (Å²) in [5.74, 6) is -0.0139. The molecule has 0 radical (unpaired) electrons. The lowest BCUT2D eigenvalue weighted by atomic mass is 10.0. The highest BCUT2D eigenvalue weighted by Gasteiger charge is 2.30. The van der Waals surface area contributed by atoms with Crippen LogP contribution in [0.3, 0.4) is 0 Å². The Morgan fingerprint density at radius 3 is 2.73 bits per heavy atom. The summed E-state index contributed by atoms with van der Waals surface area (Å²) in [6.45, 7) is 9.41. The molecule has 0 unspecified atom stereocenters. The second kappa shape index (κ2) is 14.3. The largest absolute Gasteiger partial charge is 0.378 e. The third kappa shape index (κ3) is 7.13. The van der Waals surface area contributed by atoms with Gasteiger partial charge in [-0.2, -0.15) is 10.8 Å². The first-order chi connectivity index (χ1) is 21.8. The Morgan fingerprint density at radius 2 is 2.07 bits per heavy atom. The average molecular weight is 625 g/mol. The summed E-state index contributed by atoms with van der Waals surface area (Å²) in [4.78, 5) is 19.0. The van der Waals surface area contributed by atoms with Crippen molar-refractivity contribution in [1.29, 1.82) is 5.26 Å². The van der Waals surface area contributed by atoms with E-state index in [0.717, 1.165) is 28.6 Å². The van der Waals surface area contributed by atoms with E-state index in [9.17, 15) is 10.1 Å². The second-order valence-corrected chi connectivity index (χ2v) is 11.4. The molecule has 45 heavy (non-hydrogen) atoms. The zero-order valence-electron chi connectivity index (χ0n) is 25.5. The van der Waals surface area contributed by atoms with Crippen molar-refractivity contribution >= 4 is 39.8 Å². The Morgan fingerprint density at radius 1 is 1.29 bits per heavy atom. The highest BCUT2D eigenvalue weighted by atomic mass is 35.5. The van der Waals surface area contributed by atoms with Crippen LogP contribution in [0.1, 0.15) is 37.4 Å². The van der Waals surface area contributed by atoms with Gasteiger partial charge in [0.2, 0.25) is 5.91 Å². The maximum atomic E-state index is 12.7. The molecule has 232 valence electrons. The molecule has 0 saturated carbocycles. The van der Waals surface area contributed by atoms with Crippen LogP contribution in [0.25, 0.3) is 10.9 Å². The number of benzene rings is 2. The Labute approximate surface area is 268 Å². The number of nitrogens with zero attached hydrogens (tertiary/aromatic N) is 3. The molecule has 1 aromatic heterocycles. The number of carbonyl (C=O) groups is 1. The Balaban J connectivity index is 1.42. The number of hydrogen-bond acceptors (Lipinski definition) is 9. The van der Waals surface area contributed by atoms with E-state index in [0.29, 0.717) is 46.1 Å². The van der Waals surface area contributed by atoms with Crippen LogP contribution in [0.15, 0.2) is 96.5 Å². The van der Waals surface area contributed by atoms with E-state index >= 15 is 0 Å². The summed E-state index contributed by atoms with van der Waals surface area (Å²) in [6.07, 6.45) is 9.74. The molecule has 1 fully saturated rings. The summed E-state index contributed by atoms with van der Waals surface area (Å²) < 4.78 is 5.28. The van der Waals surface area contributed by atoms with Gasteiger partial charge in [0, 0.05) is 49.2 Å². The summed E-state index contributed by atoms with van der Waals surface area (Å²) >= 11 is 6.79. The van der Waals surface area contributed by atoms with Crippen LogP contribution in [0.2, 0.25) is 5.02 Å². The summed E-state index contributed by atoms with van der Waals surface area (Å²) in [6, 6.07) is 15.8. The molecular formula is C34H37ClN8O2. The second-order valence-electron chi connectivity index (χ2n) is 11.0. The standard InChI is InChI=1S/C34H37ClN8O2/c1-5-29(23-12-7-6-8-13-23)40-32-24(16-36)17-37-33-27(32)14-25(15-28(33)35)39-31(30-18-38-42-41-30)21(2)10-9-11-22(3)34(44)43-19-26(20-43)45-4/h6-15,17-18,26,29,31,38-39,41-42H,2,5,19-20H2,1,3-4H3,(H,37,40)/b10-9-,22-11+/t29-,31+/m1/s1. The highest BCUT2D eigenvalue weighted by molar-refractivity contribution is 6.35. The number of likely N-dealkylation sites (tertiary alicyclic amines) is 1. The van der Waals surface area contributed by atoms with Crippen molar-refractivity contribution in [3.63, 3.8) is 0 Å². The normalized spacial score (nSPS) is 16.3. The van der Waals surface area contributed by atoms with Crippen LogP contribution in [-0.4, -0.2) is 48.1 Å². The van der Waals surface area contributed by atoms with Gasteiger partial charge in [-0.25, -0.2) is 0 Å². The van der Waals surface area contributed by atoms with Crippen molar-refractivity contribution in [1.82, 2.24) is 26.3 Å². The summed E-state index contributed by atoms with van der Waals surface area (Å²) in [5.41, 5.74) is 14.6. The fourth-order valence-corrected chi connectivity index (χ4v) is 5.57. The number of fused-ring (bicyclic) bond motifs is 1. The monoisotopic (exact) mass is 624 g/mol. The third-order valence-corrected chi connectivity index (χ3v) is 8.22. The molecule has 5 N–H and O–H groups in total. The van der Waals surface area contributed by atoms with Gasteiger partial charge in [0.1, 0.15) is 6.07 Å². The van der Waals surface area contributed by atoms with E-state index in [1.54, 1.807) is 37.4 Å². The quantitative estimate of drug-likeness (QED) is 0.132. The van der Waals surface area contributed by atoms with Crippen molar-refractivity contribution < 1.29 is 9.53 Å². The number of nitriles is 1. The molecule has 0 aliphatic carbocycles. The molecule has 1 amide bonds. The van der Waals surface area contributed by atoms with Gasteiger partial charge in [-0.15, -0.1) is 0 Å². The van der Waals surface area contributed by atoms with Crippen LogP contribution in [0.4, 0.5) is 11.4 Å². The van der Waals surface area contributed by atoms with Crippen LogP contribution < -0.4 is 27.0 Å². The molecule has 11 heteroatoms. The zero-order chi connectivity index (χ0) is 31.9. The lowest BCUT2D eigenvalue weighted by Gasteiger charge is -2.38. The fraction of sp³-hybridized carbons (Fsp3) is 0.265. The molecule has 2 aromatic carbocycles. The SMILES string of the molecule is C=C(/C=C\C=C(/C)C(=O)N1CC(OC)C1)[C@H](Nc1cc(Cl)c2ncc(C#N)c(N[C@H](CC)c3ccccc3)c2c1)C1=CNNN1. The lowest BCUT2D eigenvalue weighted by molar-refractivity contribution is -0.138. The molecule has 1 saturated heterocycles. The Kier molecular flexibility index (Phi) is 10.0. The van der Waals surface area contributed by atoms with E-state index < -0.39 is 6.04 Å². The van der Waals surface area contributed by atoms with Crippen molar-refractivity contribution in [3.8, 4) is 6.07 Å². The van der Waals surface area contributed by atoms with E-state index in [1.807, 2.05) is 42.5 Å². The first kappa shape index (κ1) is 31.6. The number of hydrogen-bond donors (Lipinski definition) is 5. The summed E-state index contributed by atoms with van der Waals surface area (Å²) in [7, 11) is 1.66. The molecule has 3 aromatic rings. The van der Waals surface area contributed by atoms with Crippen molar-refractivity contribution in [2.45, 2.75) is 38.5 Å². The van der Waals surface area contributed by atoms with Gasteiger partial charge in [-0.1, -0.05) is 73.7 Å². The topological polar surface area (TPSA) is 126 Å². The number of ether oxygens (including phenoxy) is 1. The smallest absolute Gasteiger partial charge is 0.249 e.